The maximum Gasteiger partial charge on any atom is 0.217 e. The third-order valence-electron chi connectivity index (χ3n) is 3.56. The molecule has 2 aliphatic rings. The first-order valence-corrected chi connectivity index (χ1v) is 5.06. The zero-order valence-corrected chi connectivity index (χ0v) is 8.02. The van der Waals surface area contributed by atoms with E-state index >= 15 is 0 Å². The molecule has 1 saturated carbocycles. The molecule has 3 heteroatoms. The molecule has 0 aromatic carbocycles. The van der Waals surface area contributed by atoms with Crippen LogP contribution in [0.3, 0.4) is 0 Å². The lowest BCUT2D eigenvalue weighted by Crippen LogP contribution is -2.25. The number of carbonyl (C=O) groups excluding carboxylic acids is 1. The smallest absolute Gasteiger partial charge is 0.217 e. The Morgan fingerprint density at radius 2 is 2.07 bits per heavy atom. The first-order valence-electron chi connectivity index (χ1n) is 5.06. The molecule has 3 nitrogen and oxygen atoms in total. The van der Waals surface area contributed by atoms with E-state index in [0.29, 0.717) is 36.5 Å². The Morgan fingerprint density at radius 1 is 1.43 bits per heavy atom. The molecule has 0 radical (unpaired) electrons. The van der Waals surface area contributed by atoms with Crippen LogP contribution >= 0.6 is 0 Å². The van der Waals surface area contributed by atoms with E-state index in [2.05, 4.69) is 18.2 Å². The quantitative estimate of drug-likeness (QED) is 0.680. The highest BCUT2D eigenvalue weighted by Crippen LogP contribution is 2.50. The van der Waals surface area contributed by atoms with Crippen LogP contribution in [0.4, 0.5) is 0 Å². The SMILES string of the molecule is N#CC[C@@H]1[C@H](CC(N)=O)[C@@H]2C=C[C@H]1C2. The average molecular weight is 190 g/mol. The van der Waals surface area contributed by atoms with Gasteiger partial charge in [0.2, 0.25) is 5.91 Å². The van der Waals surface area contributed by atoms with Crippen LogP contribution in [0.2, 0.25) is 0 Å². The summed E-state index contributed by atoms with van der Waals surface area (Å²) in [4.78, 5) is 10.9. The number of nitrogens with two attached hydrogens (primary N) is 1. The number of nitrogens with zero attached hydrogens (tertiary/aromatic N) is 1. The van der Waals surface area contributed by atoms with E-state index < -0.39 is 0 Å². The third kappa shape index (κ3) is 1.41. The summed E-state index contributed by atoms with van der Waals surface area (Å²) in [6.45, 7) is 0. The Balaban J connectivity index is 2.10. The molecule has 74 valence electrons. The number of allylic oxidation sites excluding steroid dienone is 2. The van der Waals surface area contributed by atoms with Gasteiger partial charge in [0.05, 0.1) is 6.07 Å². The van der Waals surface area contributed by atoms with Gasteiger partial charge in [-0.15, -0.1) is 0 Å². The zero-order valence-electron chi connectivity index (χ0n) is 8.02. The molecule has 0 aromatic heterocycles. The molecule has 2 rings (SSSR count). The molecule has 0 aliphatic heterocycles. The van der Waals surface area contributed by atoms with Crippen LogP contribution in [0.25, 0.3) is 0 Å². The largest absolute Gasteiger partial charge is 0.370 e. The van der Waals surface area contributed by atoms with Crippen LogP contribution in [0.1, 0.15) is 19.3 Å². The van der Waals surface area contributed by atoms with E-state index in [1.54, 1.807) is 0 Å². The Hall–Kier alpha value is -1.30. The summed E-state index contributed by atoms with van der Waals surface area (Å²) >= 11 is 0. The number of rotatable bonds is 3. The van der Waals surface area contributed by atoms with Crippen molar-refractivity contribution in [3.8, 4) is 6.07 Å². The van der Waals surface area contributed by atoms with Crippen molar-refractivity contribution in [2.24, 2.45) is 29.4 Å². The number of amides is 1. The molecule has 0 heterocycles. The van der Waals surface area contributed by atoms with Crippen molar-refractivity contribution in [3.05, 3.63) is 12.2 Å². The number of nitriles is 1. The minimum absolute atomic E-state index is 0.237. The van der Waals surface area contributed by atoms with Crippen molar-refractivity contribution < 1.29 is 4.79 Å². The molecule has 4 atom stereocenters. The lowest BCUT2D eigenvalue weighted by molar-refractivity contribution is -0.119. The molecule has 0 spiro atoms. The molecule has 2 aliphatic carbocycles. The van der Waals surface area contributed by atoms with E-state index in [-0.39, 0.29) is 5.91 Å². The van der Waals surface area contributed by atoms with Crippen LogP contribution in [0.5, 0.6) is 0 Å². The minimum Gasteiger partial charge on any atom is -0.370 e. The standard InChI is InChI=1S/C11H14N2O/c12-4-3-9-7-1-2-8(5-7)10(9)6-11(13)14/h1-2,7-10H,3,5-6H2,(H2,13,14)/t7-,8+,9-,10+/m0/s1. The van der Waals surface area contributed by atoms with Crippen LogP contribution < -0.4 is 5.73 Å². The lowest BCUT2D eigenvalue weighted by atomic mass is 9.79. The van der Waals surface area contributed by atoms with Crippen molar-refractivity contribution in [1.82, 2.24) is 0 Å². The van der Waals surface area contributed by atoms with Gasteiger partial charge in [-0.25, -0.2) is 0 Å². The van der Waals surface area contributed by atoms with Gasteiger partial charge in [0.1, 0.15) is 0 Å². The highest BCUT2D eigenvalue weighted by molar-refractivity contribution is 5.74. The van der Waals surface area contributed by atoms with Crippen LogP contribution in [-0.4, -0.2) is 5.91 Å². The summed E-state index contributed by atoms with van der Waals surface area (Å²) < 4.78 is 0. The van der Waals surface area contributed by atoms with Crippen molar-refractivity contribution in [1.29, 1.82) is 5.26 Å². The number of fused-ring (bicyclic) bond motifs is 2. The van der Waals surface area contributed by atoms with Crippen molar-refractivity contribution in [2.75, 3.05) is 0 Å². The highest BCUT2D eigenvalue weighted by atomic mass is 16.1. The van der Waals surface area contributed by atoms with E-state index in [9.17, 15) is 4.79 Å². The molecule has 1 fully saturated rings. The molecular formula is C11H14N2O. The maximum absolute atomic E-state index is 10.9. The summed E-state index contributed by atoms with van der Waals surface area (Å²) in [5.41, 5.74) is 5.22. The lowest BCUT2D eigenvalue weighted by Gasteiger charge is -2.24. The Bertz CT molecular complexity index is 316. The molecule has 2 bridgehead atoms. The van der Waals surface area contributed by atoms with Gasteiger partial charge in [-0.1, -0.05) is 12.2 Å². The summed E-state index contributed by atoms with van der Waals surface area (Å²) in [6.07, 6.45) is 6.50. The molecule has 0 saturated heterocycles. The zero-order chi connectivity index (χ0) is 10.1. The number of hydrogen-bond acceptors (Lipinski definition) is 2. The number of primary amides is 1. The predicted octanol–water partition coefficient (Wildman–Crippen LogP) is 1.21. The fraction of sp³-hybridized carbons (Fsp3) is 0.636. The van der Waals surface area contributed by atoms with Crippen molar-refractivity contribution >= 4 is 5.91 Å². The third-order valence-corrected chi connectivity index (χ3v) is 3.56. The molecule has 2 N–H and O–H groups in total. The average Bonchev–Trinajstić information content (AvgIpc) is 2.68. The van der Waals surface area contributed by atoms with Gasteiger partial charge in [-0.2, -0.15) is 5.26 Å². The van der Waals surface area contributed by atoms with Crippen molar-refractivity contribution in [3.63, 3.8) is 0 Å². The van der Waals surface area contributed by atoms with E-state index in [1.165, 1.54) is 0 Å². The maximum atomic E-state index is 10.9. The Morgan fingerprint density at radius 3 is 2.64 bits per heavy atom. The Labute approximate surface area is 83.6 Å². The first kappa shape index (κ1) is 9.26. The van der Waals surface area contributed by atoms with E-state index in [0.717, 1.165) is 6.42 Å². The topological polar surface area (TPSA) is 66.9 Å². The second-order valence-corrected chi connectivity index (χ2v) is 4.31. The first-order chi connectivity index (χ1) is 6.72. The van der Waals surface area contributed by atoms with Gasteiger partial charge < -0.3 is 5.73 Å². The van der Waals surface area contributed by atoms with Gasteiger partial charge in [0.25, 0.3) is 0 Å². The van der Waals surface area contributed by atoms with E-state index in [1.807, 2.05) is 0 Å². The number of carbonyl (C=O) groups is 1. The van der Waals surface area contributed by atoms with Gasteiger partial charge >= 0.3 is 0 Å². The monoisotopic (exact) mass is 190 g/mol. The summed E-state index contributed by atoms with van der Waals surface area (Å²) in [7, 11) is 0. The van der Waals surface area contributed by atoms with Gasteiger partial charge in [-0.05, 0) is 30.1 Å². The highest BCUT2D eigenvalue weighted by Gasteiger charge is 2.44. The predicted molar refractivity (Wildman–Crippen MR) is 51.8 cm³/mol. The summed E-state index contributed by atoms with van der Waals surface area (Å²) in [5, 5.41) is 8.72. The summed E-state index contributed by atoms with van der Waals surface area (Å²) in [5.74, 6) is 1.46. The van der Waals surface area contributed by atoms with Crippen LogP contribution in [-0.2, 0) is 4.79 Å². The normalized spacial score (nSPS) is 38.5. The van der Waals surface area contributed by atoms with Gasteiger partial charge in [0, 0.05) is 12.8 Å². The Kier molecular flexibility index (Phi) is 2.28. The fourth-order valence-electron chi connectivity index (χ4n) is 2.97. The van der Waals surface area contributed by atoms with E-state index in [4.69, 9.17) is 11.0 Å². The second-order valence-electron chi connectivity index (χ2n) is 4.31. The number of hydrogen-bond donors (Lipinski definition) is 1. The second kappa shape index (κ2) is 3.45. The minimum atomic E-state index is -0.237. The van der Waals surface area contributed by atoms with Crippen molar-refractivity contribution in [2.45, 2.75) is 19.3 Å². The fourth-order valence-corrected chi connectivity index (χ4v) is 2.97. The molecular weight excluding hydrogens is 176 g/mol. The molecule has 0 unspecified atom stereocenters. The van der Waals surface area contributed by atoms with Crippen LogP contribution in [0, 0.1) is 35.0 Å². The van der Waals surface area contributed by atoms with Gasteiger partial charge in [-0.3, -0.25) is 4.79 Å². The molecule has 1 amide bonds. The van der Waals surface area contributed by atoms with Crippen LogP contribution in [0.15, 0.2) is 12.2 Å². The summed E-state index contributed by atoms with van der Waals surface area (Å²) in [6, 6.07) is 2.21. The molecule has 0 aromatic rings. The molecule has 14 heavy (non-hydrogen) atoms. The van der Waals surface area contributed by atoms with Gasteiger partial charge in [0.15, 0.2) is 0 Å².